The molecule has 0 radical (unpaired) electrons. The second-order valence-electron chi connectivity index (χ2n) is 6.24. The quantitative estimate of drug-likeness (QED) is 0.742. The number of rotatable bonds is 2. The highest BCUT2D eigenvalue weighted by molar-refractivity contribution is 5.06. The third-order valence-electron chi connectivity index (χ3n) is 4.81. The summed E-state index contributed by atoms with van der Waals surface area (Å²) in [7, 11) is 2.24. The molecule has 0 N–H and O–H groups in total. The molecular weight excluding hydrogens is 222 g/mol. The average molecular weight is 253 g/mol. The van der Waals surface area contributed by atoms with Crippen LogP contribution in [0.4, 0.5) is 0 Å². The zero-order chi connectivity index (χ0) is 13.2. The van der Waals surface area contributed by atoms with Crippen LogP contribution in [0, 0.1) is 5.41 Å². The van der Waals surface area contributed by atoms with Gasteiger partial charge in [-0.25, -0.2) is 0 Å². The number of likely N-dealkylation sites (tertiary alicyclic amines) is 3. The van der Waals surface area contributed by atoms with E-state index in [4.69, 9.17) is 0 Å². The Bertz CT molecular complexity index is 244. The van der Waals surface area contributed by atoms with E-state index >= 15 is 0 Å². The normalized spacial score (nSPS) is 29.3. The van der Waals surface area contributed by atoms with Gasteiger partial charge in [0.2, 0.25) is 0 Å². The van der Waals surface area contributed by atoms with Crippen LogP contribution in [0.1, 0.15) is 33.6 Å². The van der Waals surface area contributed by atoms with Crippen molar-refractivity contribution in [2.45, 2.75) is 39.7 Å². The van der Waals surface area contributed by atoms with Crippen LogP contribution in [0.2, 0.25) is 0 Å². The molecular formula is C15H31N3. The first kappa shape index (κ1) is 14.3. The largest absolute Gasteiger partial charge is 0.305 e. The lowest BCUT2D eigenvalue weighted by molar-refractivity contribution is -0.127. The van der Waals surface area contributed by atoms with E-state index < -0.39 is 0 Å². The van der Waals surface area contributed by atoms with E-state index in [2.05, 4.69) is 28.7 Å². The Morgan fingerprint density at radius 3 is 2.00 bits per heavy atom. The Morgan fingerprint density at radius 2 is 1.56 bits per heavy atom. The molecule has 3 fully saturated rings. The maximum Gasteiger partial charge on any atom is 0.0212 e. The van der Waals surface area contributed by atoms with Crippen molar-refractivity contribution in [1.29, 1.82) is 0 Å². The van der Waals surface area contributed by atoms with Crippen molar-refractivity contribution >= 4 is 0 Å². The molecule has 1 spiro atoms. The van der Waals surface area contributed by atoms with E-state index in [9.17, 15) is 0 Å². The highest BCUT2D eigenvalue weighted by Gasteiger charge is 2.51. The van der Waals surface area contributed by atoms with Gasteiger partial charge < -0.3 is 9.80 Å². The molecule has 106 valence electrons. The maximum atomic E-state index is 2.75. The van der Waals surface area contributed by atoms with Gasteiger partial charge in [0, 0.05) is 37.6 Å². The van der Waals surface area contributed by atoms with Gasteiger partial charge >= 0.3 is 0 Å². The Balaban J connectivity index is 0.000000574. The van der Waals surface area contributed by atoms with Crippen LogP contribution in [0.3, 0.4) is 0 Å². The molecule has 0 aromatic heterocycles. The lowest BCUT2D eigenvalue weighted by Gasteiger charge is -2.62. The minimum atomic E-state index is 0.719. The fourth-order valence-electron chi connectivity index (χ4n) is 3.97. The fourth-order valence-corrected chi connectivity index (χ4v) is 3.97. The van der Waals surface area contributed by atoms with Crippen molar-refractivity contribution in [3.63, 3.8) is 0 Å². The van der Waals surface area contributed by atoms with Gasteiger partial charge in [-0.1, -0.05) is 20.8 Å². The number of hydrogen-bond donors (Lipinski definition) is 0. The first-order valence-electron chi connectivity index (χ1n) is 7.86. The number of hydrogen-bond acceptors (Lipinski definition) is 3. The highest BCUT2D eigenvalue weighted by atomic mass is 15.3. The molecule has 0 bridgehead atoms. The van der Waals surface area contributed by atoms with E-state index in [0.29, 0.717) is 0 Å². The van der Waals surface area contributed by atoms with Crippen LogP contribution >= 0.6 is 0 Å². The van der Waals surface area contributed by atoms with Crippen molar-refractivity contribution in [3.05, 3.63) is 0 Å². The first-order valence-corrected chi connectivity index (χ1v) is 7.86. The molecule has 3 aliphatic rings. The molecule has 3 aliphatic heterocycles. The van der Waals surface area contributed by atoms with Crippen LogP contribution in [0.5, 0.6) is 0 Å². The molecule has 3 heterocycles. The van der Waals surface area contributed by atoms with E-state index in [1.165, 1.54) is 58.7 Å². The molecule has 0 atom stereocenters. The van der Waals surface area contributed by atoms with Crippen molar-refractivity contribution in [2.75, 3.05) is 52.9 Å². The molecule has 3 rings (SSSR count). The molecule has 3 saturated heterocycles. The summed E-state index contributed by atoms with van der Waals surface area (Å²) in [5.41, 5.74) is 0.719. The van der Waals surface area contributed by atoms with Crippen LogP contribution in [-0.2, 0) is 0 Å². The standard InChI is InChI=1S/C13H25N3.C2H6/c1-3-15-6-4-12(5-7-15)16-10-13(11-16)8-14(2)9-13;1-2/h12H,3-11H2,1-2H3;1-2H3. The van der Waals surface area contributed by atoms with Gasteiger partial charge in [0.15, 0.2) is 0 Å². The Labute approximate surface area is 113 Å². The van der Waals surface area contributed by atoms with Crippen molar-refractivity contribution in [2.24, 2.45) is 5.41 Å². The SMILES string of the molecule is CC.CCN1CCC(N2CC3(CN(C)C3)C2)CC1. The minimum Gasteiger partial charge on any atom is -0.305 e. The van der Waals surface area contributed by atoms with Gasteiger partial charge in [-0.15, -0.1) is 0 Å². The van der Waals surface area contributed by atoms with Crippen molar-refractivity contribution < 1.29 is 0 Å². The molecule has 0 aromatic rings. The summed E-state index contributed by atoms with van der Waals surface area (Å²) in [5.74, 6) is 0. The molecule has 0 aliphatic carbocycles. The summed E-state index contributed by atoms with van der Waals surface area (Å²) in [6.07, 6.45) is 2.81. The molecule has 3 nitrogen and oxygen atoms in total. The summed E-state index contributed by atoms with van der Waals surface area (Å²) in [4.78, 5) is 7.79. The Morgan fingerprint density at radius 1 is 1.00 bits per heavy atom. The molecule has 0 unspecified atom stereocenters. The molecule has 18 heavy (non-hydrogen) atoms. The Kier molecular flexibility index (Phi) is 4.68. The summed E-state index contributed by atoms with van der Waals surface area (Å²) in [6.45, 7) is 15.6. The monoisotopic (exact) mass is 253 g/mol. The summed E-state index contributed by atoms with van der Waals surface area (Å²) in [5, 5.41) is 0. The first-order chi connectivity index (χ1) is 8.71. The molecule has 3 heteroatoms. The van der Waals surface area contributed by atoms with E-state index in [-0.39, 0.29) is 0 Å². The van der Waals surface area contributed by atoms with Crippen molar-refractivity contribution in [1.82, 2.24) is 14.7 Å². The van der Waals surface area contributed by atoms with Crippen LogP contribution < -0.4 is 0 Å². The predicted octanol–water partition coefficient (Wildman–Crippen LogP) is 1.74. The van der Waals surface area contributed by atoms with Gasteiger partial charge in [0.25, 0.3) is 0 Å². The van der Waals surface area contributed by atoms with Gasteiger partial charge in [0.1, 0.15) is 0 Å². The van der Waals surface area contributed by atoms with Crippen LogP contribution in [0.15, 0.2) is 0 Å². The molecule has 0 aromatic carbocycles. The topological polar surface area (TPSA) is 9.72 Å². The number of nitrogens with zero attached hydrogens (tertiary/aromatic N) is 3. The zero-order valence-corrected chi connectivity index (χ0v) is 12.8. The summed E-state index contributed by atoms with van der Waals surface area (Å²) in [6, 6.07) is 0.902. The van der Waals surface area contributed by atoms with Gasteiger partial charge in [0.05, 0.1) is 0 Å². The zero-order valence-electron chi connectivity index (χ0n) is 12.8. The van der Waals surface area contributed by atoms with Crippen molar-refractivity contribution in [3.8, 4) is 0 Å². The van der Waals surface area contributed by atoms with E-state index in [1.54, 1.807) is 0 Å². The fraction of sp³-hybridized carbons (Fsp3) is 1.00. The lowest BCUT2D eigenvalue weighted by Crippen LogP contribution is -2.73. The summed E-state index contributed by atoms with van der Waals surface area (Å²) < 4.78 is 0. The second kappa shape index (κ2) is 5.89. The van der Waals surface area contributed by atoms with Gasteiger partial charge in [-0.05, 0) is 39.5 Å². The maximum absolute atomic E-state index is 2.75. The third-order valence-corrected chi connectivity index (χ3v) is 4.81. The minimum absolute atomic E-state index is 0.719. The Hall–Kier alpha value is -0.120. The van der Waals surface area contributed by atoms with E-state index in [0.717, 1.165) is 11.5 Å². The molecule has 0 saturated carbocycles. The van der Waals surface area contributed by atoms with E-state index in [1.807, 2.05) is 13.8 Å². The number of piperidine rings is 1. The predicted molar refractivity (Wildman–Crippen MR) is 78.0 cm³/mol. The smallest absolute Gasteiger partial charge is 0.0212 e. The summed E-state index contributed by atoms with van der Waals surface area (Å²) >= 11 is 0. The highest BCUT2D eigenvalue weighted by Crippen LogP contribution is 2.40. The van der Waals surface area contributed by atoms with Crippen LogP contribution in [-0.4, -0.2) is 73.6 Å². The van der Waals surface area contributed by atoms with Crippen LogP contribution in [0.25, 0.3) is 0 Å². The lowest BCUT2D eigenvalue weighted by atomic mass is 9.72. The average Bonchev–Trinajstić information content (AvgIpc) is 2.35. The second-order valence-corrected chi connectivity index (χ2v) is 6.24. The third kappa shape index (κ3) is 2.73. The van der Waals surface area contributed by atoms with Gasteiger partial charge in [-0.2, -0.15) is 0 Å². The molecule has 0 amide bonds. The van der Waals surface area contributed by atoms with Gasteiger partial charge in [-0.3, -0.25) is 4.90 Å².